The van der Waals surface area contributed by atoms with Crippen molar-refractivity contribution in [3.8, 4) is 33.6 Å². The van der Waals surface area contributed by atoms with E-state index in [0.717, 1.165) is 0 Å². The van der Waals surface area contributed by atoms with Crippen molar-refractivity contribution >= 4 is 131 Å². The molecule has 18 rings (SSSR count). The number of para-hydroxylation sites is 8. The topological polar surface area (TPSA) is 18.7 Å². The van der Waals surface area contributed by atoms with Crippen molar-refractivity contribution in [3.05, 3.63) is 243 Å². The van der Waals surface area contributed by atoms with Gasteiger partial charge in [0.25, 0.3) is 0 Å². The molecule has 18 aromatic rings. The number of rotatable bonds is 4. The molecule has 0 aliphatic heterocycles. The minimum Gasteiger partial charge on any atom is -0.309 e. The summed E-state index contributed by atoms with van der Waals surface area (Å²) in [7, 11) is 0. The molecule has 0 unspecified atom stereocenters. The average Bonchev–Trinajstić information content (AvgIpc) is 4.40. The van der Waals surface area contributed by atoms with Crippen LogP contribution in [0, 0.1) is 0 Å². The largest absolute Gasteiger partial charge is 0.309 e. The molecular formula is C70H40N4. The summed E-state index contributed by atoms with van der Waals surface area (Å²) in [5, 5.41) is 17.7. The third kappa shape index (κ3) is 4.79. The molecular weight excluding hydrogens is 897 g/mol. The summed E-state index contributed by atoms with van der Waals surface area (Å²) in [5.41, 5.74) is 19.6. The van der Waals surface area contributed by atoms with Gasteiger partial charge >= 0.3 is 0 Å². The molecule has 0 amide bonds. The van der Waals surface area contributed by atoms with Crippen LogP contribution in [0.1, 0.15) is 0 Å². The third-order valence-electron chi connectivity index (χ3n) is 16.8. The van der Waals surface area contributed by atoms with Gasteiger partial charge in [-0.3, -0.25) is 0 Å². The maximum Gasteiger partial charge on any atom is 0.0621 e. The van der Waals surface area contributed by atoms with Crippen molar-refractivity contribution in [2.24, 2.45) is 0 Å². The Kier molecular flexibility index (Phi) is 7.31. The highest BCUT2D eigenvalue weighted by Gasteiger charge is 2.26. The van der Waals surface area contributed by atoms with Crippen molar-refractivity contribution in [3.63, 3.8) is 0 Å². The molecule has 0 aliphatic rings. The quantitative estimate of drug-likeness (QED) is 0.167. The molecule has 6 heterocycles. The van der Waals surface area contributed by atoms with E-state index in [0.29, 0.717) is 0 Å². The lowest BCUT2D eigenvalue weighted by Crippen LogP contribution is -1.93. The molecule has 12 aromatic carbocycles. The van der Waals surface area contributed by atoms with E-state index in [1.807, 2.05) is 0 Å². The van der Waals surface area contributed by atoms with E-state index in [1.165, 1.54) is 164 Å². The molecule has 0 aliphatic carbocycles. The number of benzene rings is 12. The van der Waals surface area contributed by atoms with Crippen LogP contribution in [0.3, 0.4) is 0 Å². The lowest BCUT2D eigenvalue weighted by atomic mass is 9.98. The normalized spacial score (nSPS) is 12.6. The van der Waals surface area contributed by atoms with E-state index in [-0.39, 0.29) is 0 Å². The molecule has 4 heteroatoms. The van der Waals surface area contributed by atoms with Crippen molar-refractivity contribution in [2.45, 2.75) is 0 Å². The number of aromatic nitrogens is 4. The average molecular weight is 937 g/mol. The Morgan fingerprint density at radius 3 is 0.878 bits per heavy atom. The first-order valence-electron chi connectivity index (χ1n) is 25.7. The van der Waals surface area contributed by atoms with Crippen LogP contribution in [0.2, 0.25) is 0 Å². The van der Waals surface area contributed by atoms with Gasteiger partial charge in [0.05, 0.1) is 55.2 Å². The minimum absolute atomic E-state index is 1.17. The van der Waals surface area contributed by atoms with Crippen LogP contribution in [-0.2, 0) is 0 Å². The number of hydrogen-bond acceptors (Lipinski definition) is 0. The maximum absolute atomic E-state index is 2.62. The SMILES string of the molecule is c1ccc(-n2c3ccccc3c3cc(-c4cccc5c6cccc7c8ccc9c(ccc%10c%11cccc%12c%13cccc(-c%14ccc%15c(c%14)c%14ccccc%14n%15-c%14ccccc%14)c%13n(c%12%11)c%109)c8n(c45)c67)ccc32)cc1. The molecule has 340 valence electrons. The highest BCUT2D eigenvalue weighted by molar-refractivity contribution is 6.33. The Bertz CT molecular complexity index is 5080. The smallest absolute Gasteiger partial charge is 0.0621 e. The van der Waals surface area contributed by atoms with E-state index in [9.17, 15) is 0 Å². The molecule has 0 radical (unpaired) electrons. The molecule has 0 N–H and O–H groups in total. The molecule has 0 atom stereocenters. The Morgan fingerprint density at radius 2 is 0.486 bits per heavy atom. The number of nitrogens with zero attached hydrogens (tertiary/aromatic N) is 4. The predicted octanol–water partition coefficient (Wildman–Crippen LogP) is 18.7. The fourth-order valence-electron chi connectivity index (χ4n) is 13.9. The summed E-state index contributed by atoms with van der Waals surface area (Å²) in [5.74, 6) is 0. The second-order valence-electron chi connectivity index (χ2n) is 20.3. The highest BCUT2D eigenvalue weighted by atomic mass is 15.0. The van der Waals surface area contributed by atoms with Gasteiger partial charge in [-0.2, -0.15) is 0 Å². The number of hydrogen-bond donors (Lipinski definition) is 0. The Balaban J connectivity index is 0.925. The van der Waals surface area contributed by atoms with E-state index in [1.54, 1.807) is 0 Å². The van der Waals surface area contributed by atoms with Crippen LogP contribution >= 0.6 is 0 Å². The van der Waals surface area contributed by atoms with Crippen molar-refractivity contribution in [1.82, 2.24) is 17.9 Å². The molecule has 4 nitrogen and oxygen atoms in total. The summed E-state index contributed by atoms with van der Waals surface area (Å²) in [4.78, 5) is 0. The molecule has 6 aromatic heterocycles. The van der Waals surface area contributed by atoms with Crippen LogP contribution in [-0.4, -0.2) is 17.9 Å². The van der Waals surface area contributed by atoms with Gasteiger partial charge in [0.1, 0.15) is 0 Å². The molecule has 0 spiro atoms. The standard InChI is InChI=1S/C70H40N4/c1-3-15-43(16-4-1)71-61-29-9-7-19-47(61)59-39-41(31-37-63(59)71)45-21-11-23-49-51-25-13-27-53-55-33-36-58-57(69(55)73(65(45)49)67(51)53)35-34-56-54-28-14-26-52-50-24-12-22-46(66(50)74(68(52)54)70(56)58)42-32-38-64-60(40-42)48-20-8-10-30-62(48)72(64)44-17-5-2-6-18-44/h1-40H. The monoisotopic (exact) mass is 936 g/mol. The van der Waals surface area contributed by atoms with Crippen LogP contribution in [0.15, 0.2) is 243 Å². The first-order chi connectivity index (χ1) is 36.8. The summed E-state index contributed by atoms with van der Waals surface area (Å²) < 4.78 is 10.0. The lowest BCUT2D eigenvalue weighted by Gasteiger charge is -2.11. The zero-order valence-corrected chi connectivity index (χ0v) is 39.9. The van der Waals surface area contributed by atoms with E-state index >= 15 is 0 Å². The molecule has 0 saturated heterocycles. The van der Waals surface area contributed by atoms with E-state index in [4.69, 9.17) is 0 Å². The first-order valence-corrected chi connectivity index (χ1v) is 25.7. The van der Waals surface area contributed by atoms with Gasteiger partial charge in [-0.15, -0.1) is 0 Å². The Morgan fingerprint density at radius 1 is 0.189 bits per heavy atom. The second-order valence-corrected chi connectivity index (χ2v) is 20.3. The van der Waals surface area contributed by atoms with E-state index < -0.39 is 0 Å². The van der Waals surface area contributed by atoms with Gasteiger partial charge in [0.15, 0.2) is 0 Å². The van der Waals surface area contributed by atoms with Crippen LogP contribution < -0.4 is 0 Å². The van der Waals surface area contributed by atoms with Gasteiger partial charge in [0.2, 0.25) is 0 Å². The maximum atomic E-state index is 2.62. The number of fused-ring (bicyclic) bond motifs is 21. The summed E-state index contributed by atoms with van der Waals surface area (Å²) >= 11 is 0. The van der Waals surface area contributed by atoms with Gasteiger partial charge in [-0.25, -0.2) is 0 Å². The molecule has 74 heavy (non-hydrogen) atoms. The fraction of sp³-hybridized carbons (Fsp3) is 0. The second kappa shape index (κ2) is 13.9. The Hall–Kier alpha value is -9.90. The van der Waals surface area contributed by atoms with Crippen LogP contribution in [0.4, 0.5) is 0 Å². The van der Waals surface area contributed by atoms with Crippen LogP contribution in [0.25, 0.3) is 164 Å². The van der Waals surface area contributed by atoms with Crippen molar-refractivity contribution < 1.29 is 0 Å². The summed E-state index contributed by atoms with van der Waals surface area (Å²) in [6, 6.07) is 90.6. The minimum atomic E-state index is 1.17. The van der Waals surface area contributed by atoms with Gasteiger partial charge < -0.3 is 17.9 Å². The summed E-state index contributed by atoms with van der Waals surface area (Å²) in [6.45, 7) is 0. The van der Waals surface area contributed by atoms with Crippen LogP contribution in [0.5, 0.6) is 0 Å². The van der Waals surface area contributed by atoms with Gasteiger partial charge in [-0.1, -0.05) is 182 Å². The highest BCUT2D eigenvalue weighted by Crippen LogP contribution is 2.49. The fourth-order valence-corrected chi connectivity index (χ4v) is 13.9. The van der Waals surface area contributed by atoms with Crippen molar-refractivity contribution in [2.75, 3.05) is 0 Å². The van der Waals surface area contributed by atoms with Gasteiger partial charge in [0, 0.05) is 97.9 Å². The first kappa shape index (κ1) is 38.8. The molecule has 0 saturated carbocycles. The van der Waals surface area contributed by atoms with Gasteiger partial charge in [-0.05, 0) is 71.8 Å². The third-order valence-corrected chi connectivity index (χ3v) is 16.8. The Labute approximate surface area is 422 Å². The predicted molar refractivity (Wildman–Crippen MR) is 313 cm³/mol. The summed E-state index contributed by atoms with van der Waals surface area (Å²) in [6.07, 6.45) is 0. The van der Waals surface area contributed by atoms with E-state index in [2.05, 4.69) is 261 Å². The van der Waals surface area contributed by atoms with Crippen molar-refractivity contribution in [1.29, 1.82) is 0 Å². The zero-order chi connectivity index (χ0) is 47.9. The zero-order valence-electron chi connectivity index (χ0n) is 39.9. The molecule has 0 bridgehead atoms. The lowest BCUT2D eigenvalue weighted by molar-refractivity contribution is 1.18. The molecule has 0 fully saturated rings.